The van der Waals surface area contributed by atoms with Crippen LogP contribution in [-0.4, -0.2) is 54.6 Å². The number of anilines is 1. The second-order valence-corrected chi connectivity index (χ2v) is 9.53. The number of nitrogen functional groups attached to an aromatic ring is 1. The number of benzene rings is 2. The number of hydrogen-bond donors (Lipinski definition) is 3. The molecule has 0 atom stereocenters. The van der Waals surface area contributed by atoms with Crippen molar-refractivity contribution in [3.05, 3.63) is 96.3 Å². The van der Waals surface area contributed by atoms with E-state index in [1.165, 1.54) is 4.90 Å². The van der Waals surface area contributed by atoms with Gasteiger partial charge in [-0.2, -0.15) is 0 Å². The SMILES string of the molecule is C=C(C)C(=O)NCCN(Cc1ccc(Cn2c(-c3ccncc3)nc3c(N)nc4ccccc4c32)cc1)C(=O)O. The molecule has 10 nitrogen and oxygen atoms in total. The van der Waals surface area contributed by atoms with Gasteiger partial charge in [0.05, 0.1) is 11.0 Å². The summed E-state index contributed by atoms with van der Waals surface area (Å²) >= 11 is 0. The molecule has 0 saturated heterocycles. The van der Waals surface area contributed by atoms with Gasteiger partial charge < -0.3 is 25.6 Å². The Labute approximate surface area is 230 Å². The minimum absolute atomic E-state index is 0.162. The average Bonchev–Trinajstić information content (AvgIpc) is 3.33. The molecule has 0 aliphatic rings. The van der Waals surface area contributed by atoms with Crippen molar-refractivity contribution in [1.29, 1.82) is 0 Å². The smallest absolute Gasteiger partial charge is 0.407 e. The zero-order valence-electron chi connectivity index (χ0n) is 22.0. The summed E-state index contributed by atoms with van der Waals surface area (Å²) in [6.07, 6.45) is 2.40. The fourth-order valence-electron chi connectivity index (χ4n) is 4.58. The molecule has 5 rings (SSSR count). The fraction of sp³-hybridized carbons (Fsp3) is 0.167. The van der Waals surface area contributed by atoms with Crippen molar-refractivity contribution in [2.75, 3.05) is 18.8 Å². The van der Waals surface area contributed by atoms with E-state index < -0.39 is 6.09 Å². The number of pyridine rings is 2. The van der Waals surface area contributed by atoms with Crippen molar-refractivity contribution in [3.63, 3.8) is 0 Å². The van der Waals surface area contributed by atoms with Crippen LogP contribution in [0.2, 0.25) is 0 Å². The van der Waals surface area contributed by atoms with Crippen molar-refractivity contribution >= 4 is 39.8 Å². The van der Waals surface area contributed by atoms with E-state index in [0.29, 0.717) is 23.5 Å². The maximum absolute atomic E-state index is 11.8. The number of carboxylic acid groups (broad SMARTS) is 1. The van der Waals surface area contributed by atoms with Gasteiger partial charge in [-0.3, -0.25) is 9.78 Å². The number of carbonyl (C=O) groups excluding carboxylic acids is 1. The third-order valence-corrected chi connectivity index (χ3v) is 6.61. The number of para-hydroxylation sites is 1. The molecular formula is C30H29N7O3. The van der Waals surface area contributed by atoms with Crippen molar-refractivity contribution in [1.82, 2.24) is 29.7 Å². The summed E-state index contributed by atoms with van der Waals surface area (Å²) in [5.74, 6) is 0.824. The molecular weight excluding hydrogens is 506 g/mol. The van der Waals surface area contributed by atoms with Crippen molar-refractivity contribution in [3.8, 4) is 11.4 Å². The third-order valence-electron chi connectivity index (χ3n) is 6.61. The summed E-state index contributed by atoms with van der Waals surface area (Å²) in [5, 5.41) is 13.3. The Morgan fingerprint density at radius 2 is 1.73 bits per heavy atom. The molecule has 5 aromatic rings. The number of rotatable bonds is 9. The van der Waals surface area contributed by atoms with Crippen molar-refractivity contribution < 1.29 is 14.7 Å². The first kappa shape index (κ1) is 26.4. The fourth-order valence-corrected chi connectivity index (χ4v) is 4.58. The first-order valence-corrected chi connectivity index (χ1v) is 12.8. The Bertz CT molecular complexity index is 1710. The van der Waals surface area contributed by atoms with Gasteiger partial charge in [-0.1, -0.05) is 49.0 Å². The summed E-state index contributed by atoms with van der Waals surface area (Å²) in [7, 11) is 0. The maximum atomic E-state index is 11.8. The van der Waals surface area contributed by atoms with Gasteiger partial charge in [-0.15, -0.1) is 0 Å². The summed E-state index contributed by atoms with van der Waals surface area (Å²) in [6, 6.07) is 19.4. The van der Waals surface area contributed by atoms with Crippen molar-refractivity contribution in [2.24, 2.45) is 0 Å². The second-order valence-electron chi connectivity index (χ2n) is 9.53. The summed E-state index contributed by atoms with van der Waals surface area (Å²) in [6.45, 7) is 6.26. The van der Waals surface area contributed by atoms with E-state index in [-0.39, 0.29) is 25.5 Å². The van der Waals surface area contributed by atoms with Crippen LogP contribution in [0.4, 0.5) is 10.6 Å². The highest BCUT2D eigenvalue weighted by atomic mass is 16.4. The van der Waals surface area contributed by atoms with Crippen LogP contribution >= 0.6 is 0 Å². The van der Waals surface area contributed by atoms with Crippen LogP contribution in [0, 0.1) is 0 Å². The molecule has 202 valence electrons. The van der Waals surface area contributed by atoms with Gasteiger partial charge in [0.1, 0.15) is 11.3 Å². The summed E-state index contributed by atoms with van der Waals surface area (Å²) in [5.41, 5.74) is 11.8. The lowest BCUT2D eigenvalue weighted by atomic mass is 10.1. The predicted molar refractivity (Wildman–Crippen MR) is 154 cm³/mol. The van der Waals surface area contributed by atoms with E-state index in [9.17, 15) is 14.7 Å². The molecule has 0 fully saturated rings. The lowest BCUT2D eigenvalue weighted by Crippen LogP contribution is -2.37. The second kappa shape index (κ2) is 11.2. The van der Waals surface area contributed by atoms with Crippen LogP contribution in [0.5, 0.6) is 0 Å². The highest BCUT2D eigenvalue weighted by Crippen LogP contribution is 2.33. The minimum atomic E-state index is -1.06. The molecule has 40 heavy (non-hydrogen) atoms. The van der Waals surface area contributed by atoms with Crippen LogP contribution in [0.1, 0.15) is 18.1 Å². The van der Waals surface area contributed by atoms with Crippen molar-refractivity contribution in [2.45, 2.75) is 20.0 Å². The standard InChI is InChI=1S/C30H29N7O3/c1-19(2)29(38)33-15-16-36(30(39)40)17-20-7-9-21(10-8-20)18-37-26-23-5-3-4-6-24(23)34-27(31)25(26)35-28(37)22-11-13-32-14-12-22/h3-14H,1,15-18H2,2H3,(H2,31,34)(H,33,38)(H,39,40). The third kappa shape index (κ3) is 5.46. The van der Waals surface area contributed by atoms with Crippen LogP contribution in [-0.2, 0) is 17.9 Å². The molecule has 2 aromatic carbocycles. The molecule has 3 aromatic heterocycles. The molecule has 0 aliphatic heterocycles. The molecule has 0 aliphatic carbocycles. The molecule has 0 bridgehead atoms. The molecule has 2 amide bonds. The Morgan fingerprint density at radius 1 is 1.02 bits per heavy atom. The maximum Gasteiger partial charge on any atom is 0.407 e. The molecule has 0 unspecified atom stereocenters. The van der Waals surface area contributed by atoms with Crippen LogP contribution in [0.3, 0.4) is 0 Å². The molecule has 0 spiro atoms. The zero-order valence-corrected chi connectivity index (χ0v) is 22.0. The summed E-state index contributed by atoms with van der Waals surface area (Å²) in [4.78, 5) is 38.4. The Hall–Kier alpha value is -5.25. The Kier molecular flexibility index (Phi) is 7.41. The van der Waals surface area contributed by atoms with Crippen LogP contribution in [0.25, 0.3) is 33.3 Å². The van der Waals surface area contributed by atoms with Gasteiger partial charge >= 0.3 is 6.09 Å². The highest BCUT2D eigenvalue weighted by molar-refractivity contribution is 6.07. The van der Waals surface area contributed by atoms with Gasteiger partial charge in [0.15, 0.2) is 5.82 Å². The molecule has 3 heterocycles. The Morgan fingerprint density at radius 3 is 2.42 bits per heavy atom. The molecule has 0 saturated carbocycles. The van der Waals surface area contributed by atoms with Gasteiger partial charge in [0.2, 0.25) is 5.91 Å². The number of nitrogens with two attached hydrogens (primary N) is 1. The highest BCUT2D eigenvalue weighted by Gasteiger charge is 2.19. The predicted octanol–water partition coefficient (Wildman–Crippen LogP) is 4.45. The summed E-state index contributed by atoms with van der Waals surface area (Å²) < 4.78 is 2.13. The normalized spacial score (nSPS) is 11.0. The number of nitrogens with one attached hydrogen (secondary N) is 1. The van der Waals surface area contributed by atoms with Gasteiger partial charge in [-0.25, -0.2) is 14.8 Å². The lowest BCUT2D eigenvalue weighted by molar-refractivity contribution is -0.117. The molecule has 10 heteroatoms. The molecule has 4 N–H and O–H groups in total. The quantitative estimate of drug-likeness (QED) is 0.237. The van der Waals surface area contributed by atoms with Gasteiger partial charge in [0.25, 0.3) is 0 Å². The molecule has 0 radical (unpaired) electrons. The zero-order chi connectivity index (χ0) is 28.2. The van der Waals surface area contributed by atoms with E-state index in [4.69, 9.17) is 10.7 Å². The van der Waals surface area contributed by atoms with Gasteiger partial charge in [0, 0.05) is 55.1 Å². The topological polar surface area (TPSA) is 139 Å². The van der Waals surface area contributed by atoms with E-state index >= 15 is 0 Å². The van der Waals surface area contributed by atoms with Crippen LogP contribution < -0.4 is 11.1 Å². The number of aromatic nitrogens is 4. The first-order valence-electron chi connectivity index (χ1n) is 12.8. The van der Waals surface area contributed by atoms with Gasteiger partial charge in [-0.05, 0) is 36.2 Å². The van der Waals surface area contributed by atoms with E-state index in [2.05, 4.69) is 26.4 Å². The van der Waals surface area contributed by atoms with Crippen LogP contribution in [0.15, 0.2) is 85.2 Å². The number of amides is 2. The number of fused-ring (bicyclic) bond motifs is 3. The largest absolute Gasteiger partial charge is 0.465 e. The van der Waals surface area contributed by atoms with E-state index in [1.807, 2.05) is 60.7 Å². The minimum Gasteiger partial charge on any atom is -0.465 e. The number of carbonyl (C=O) groups is 2. The van der Waals surface area contributed by atoms with E-state index in [0.717, 1.165) is 38.9 Å². The van der Waals surface area contributed by atoms with E-state index in [1.54, 1.807) is 19.3 Å². The monoisotopic (exact) mass is 535 g/mol. The number of nitrogens with zero attached hydrogens (tertiary/aromatic N) is 5. The Balaban J connectivity index is 1.44. The number of hydrogen-bond acceptors (Lipinski definition) is 6. The first-order chi connectivity index (χ1) is 19.3. The lowest BCUT2D eigenvalue weighted by Gasteiger charge is -2.20. The number of imidazole rings is 1. The average molecular weight is 536 g/mol.